The number of rotatable bonds is 31. The van der Waals surface area contributed by atoms with Crippen molar-refractivity contribution in [1.29, 1.82) is 0 Å². The minimum Gasteiger partial charge on any atom is -0.744 e. The van der Waals surface area contributed by atoms with E-state index in [2.05, 4.69) is 143 Å². The van der Waals surface area contributed by atoms with Gasteiger partial charge >= 0.3 is 23.9 Å². The zero-order chi connectivity index (χ0) is 97.0. The van der Waals surface area contributed by atoms with Gasteiger partial charge in [-0.25, -0.2) is 34.4 Å². The van der Waals surface area contributed by atoms with Gasteiger partial charge in [-0.2, -0.15) is 17.6 Å². The molecule has 19 nitrogen and oxygen atoms in total. The molecule has 4 unspecified atom stereocenters. The molecule has 0 heterocycles. The minimum absolute atomic E-state index is 0. The van der Waals surface area contributed by atoms with Gasteiger partial charge in [-0.15, -0.1) is 0 Å². The summed E-state index contributed by atoms with van der Waals surface area (Å²) < 4.78 is 208. The van der Waals surface area contributed by atoms with E-state index in [1.54, 1.807) is 72.9 Å². The molecule has 140 heavy (non-hydrogen) atoms. The summed E-state index contributed by atoms with van der Waals surface area (Å²) in [4.78, 5) is 47.0. The van der Waals surface area contributed by atoms with Crippen LogP contribution in [0.4, 0.5) is 35.1 Å². The third-order valence-electron chi connectivity index (χ3n) is 20.9. The summed E-state index contributed by atoms with van der Waals surface area (Å²) in [7, 11) is -9.97. The topological polar surface area (TPSA) is 288 Å². The number of phenols is 2. The zero-order valence-electron chi connectivity index (χ0n) is 76.4. The number of halogens is 8. The largest absolute Gasteiger partial charge is 0.744 e. The van der Waals surface area contributed by atoms with Gasteiger partial charge in [-0.05, 0) is 221 Å². The lowest BCUT2D eigenvalue weighted by atomic mass is 9.90. The Balaban J connectivity index is -0.000000176. The predicted molar refractivity (Wildman–Crippen MR) is 556 cm³/mol. The number of hydrogen-bond acceptors (Lipinski definition) is 19. The van der Waals surface area contributed by atoms with Gasteiger partial charge < -0.3 is 52.5 Å². The van der Waals surface area contributed by atoms with E-state index in [-0.39, 0.29) is 130 Å². The van der Waals surface area contributed by atoms with E-state index in [0.29, 0.717) is 36.2 Å². The molecule has 4 atom stereocenters. The fourth-order valence-corrected chi connectivity index (χ4v) is 13.8. The Kier molecular flexibility index (Phi) is 75.0. The van der Waals surface area contributed by atoms with Gasteiger partial charge in [0.25, 0.3) is 0 Å². The van der Waals surface area contributed by atoms with Crippen LogP contribution in [-0.4, -0.2) is 93.6 Å². The molecule has 2 N–H and O–H groups in total. The van der Waals surface area contributed by atoms with Crippen LogP contribution in [0, 0.1) is 81.0 Å². The van der Waals surface area contributed by atoms with Crippen LogP contribution in [-0.2, 0) is 69.3 Å². The molecule has 0 saturated heterocycles. The summed E-state index contributed by atoms with van der Waals surface area (Å²) in [6, 6.07) is 62.7. The first-order valence-corrected chi connectivity index (χ1v) is 45.7. The van der Waals surface area contributed by atoms with Gasteiger partial charge in [-0.3, -0.25) is 19.2 Å². The summed E-state index contributed by atoms with van der Waals surface area (Å²) in [6.45, 7) is 36.1. The highest BCUT2D eigenvalue weighted by atomic mass is 32.2. The van der Waals surface area contributed by atoms with Gasteiger partial charge in [0.15, 0.2) is 49.5 Å². The number of aryl methyl sites for hydroxylation is 1. The van der Waals surface area contributed by atoms with Crippen molar-refractivity contribution in [1.82, 2.24) is 0 Å². The van der Waals surface area contributed by atoms with E-state index >= 15 is 0 Å². The summed E-state index contributed by atoms with van der Waals surface area (Å²) >= 11 is 0. The molecule has 0 bridgehead atoms. The molecule has 0 aliphatic heterocycles. The molecule has 0 aliphatic rings. The van der Waals surface area contributed by atoms with Crippen molar-refractivity contribution >= 4 is 55.0 Å². The molecule has 0 saturated carbocycles. The maximum Gasteiger partial charge on any atom is 0.312 e. The molecule has 9 rings (SSSR count). The number of methoxy groups -OCH3 is 1. The standard InChI is InChI=1S/C19H17S.C16H24O2.C15H22O3.2C14H16F4O6S.2C10H14O.12CH4/c1-16-12-14-19(15-13-16)20(17-8-4-2-5-9-17)18-10-6-3-7-11-18;1-6-16(4,5)15(17)18-14(12(2)3)13-10-8-7-9-11-13;1-6-15(3,4)14(16)18-11(2)12-7-9-13(17-5)10-8-12;2*1-4-14(2,3)13(19)24-6-5-23-11-7(15)9(17)12(25(20,21)22)10(18)8(11)16;2*1-3-8(2)9-4-6-10(11)7-5-9;;;;;;;;;;;;/h2-15H,1H3;7-12,14H,6H2,1-5H3;7-11H,6H2,1-5H3;2*4-6H2,1-3H3,(H,20,21,22);2*4-8,11H,3H2,1-2H3;12*1H4/q+1;;;;;;;;;;;;;;;;;;/p-2. The minimum atomic E-state index is -5.79. The van der Waals surface area contributed by atoms with Crippen LogP contribution in [0.3, 0.4) is 0 Å². The van der Waals surface area contributed by atoms with Crippen LogP contribution in [0.15, 0.2) is 213 Å². The number of carbonyl (C=O) groups excluding carboxylic acids is 4. The van der Waals surface area contributed by atoms with Crippen molar-refractivity contribution in [2.24, 2.45) is 27.6 Å². The number of carbonyl (C=O) groups is 4. The van der Waals surface area contributed by atoms with Crippen LogP contribution >= 0.6 is 0 Å². The Morgan fingerprint density at radius 3 is 0.900 bits per heavy atom. The number of ether oxygens (including phenoxy) is 7. The molecular weight excluding hydrogens is 1870 g/mol. The average Bonchev–Trinajstić information content (AvgIpc) is 0.771. The Morgan fingerprint density at radius 2 is 0.629 bits per heavy atom. The molecule has 0 fully saturated rings. The van der Waals surface area contributed by atoms with Crippen LogP contribution in [0.1, 0.15) is 311 Å². The lowest BCUT2D eigenvalue weighted by Gasteiger charge is -2.27. The monoisotopic (exact) mass is 2040 g/mol. The summed E-state index contributed by atoms with van der Waals surface area (Å²) in [6.07, 6.45) is 4.34. The zero-order valence-corrected chi connectivity index (χ0v) is 78.9. The van der Waals surface area contributed by atoms with Crippen molar-refractivity contribution in [3.8, 4) is 28.7 Å². The van der Waals surface area contributed by atoms with E-state index in [0.717, 1.165) is 42.6 Å². The number of phenolic OH excluding ortho intramolecular Hbond substituents is 2. The van der Waals surface area contributed by atoms with E-state index < -0.39 is 148 Å². The quantitative estimate of drug-likeness (QED) is 0.00776. The second kappa shape index (κ2) is 70.2. The van der Waals surface area contributed by atoms with Crippen molar-refractivity contribution in [3.63, 3.8) is 0 Å². The average molecular weight is 2040 g/mol. The maximum atomic E-state index is 13.6. The molecule has 0 spiro atoms. The third kappa shape index (κ3) is 46.5. The van der Waals surface area contributed by atoms with Gasteiger partial charge in [-0.1, -0.05) is 279 Å². The second-order valence-electron chi connectivity index (χ2n) is 32.5. The van der Waals surface area contributed by atoms with E-state index in [1.807, 2.05) is 127 Å². The maximum absolute atomic E-state index is 13.6. The molecule has 0 aromatic heterocycles. The summed E-state index contributed by atoms with van der Waals surface area (Å²) in [5.41, 5.74) is 3.47. The van der Waals surface area contributed by atoms with Crippen molar-refractivity contribution in [3.05, 3.63) is 262 Å². The van der Waals surface area contributed by atoms with Crippen LogP contribution in [0.2, 0.25) is 0 Å². The molecule has 9 aromatic rings. The van der Waals surface area contributed by atoms with Crippen LogP contribution in [0.5, 0.6) is 28.7 Å². The summed E-state index contributed by atoms with van der Waals surface area (Å²) in [5.74, 6) is -20.0. The van der Waals surface area contributed by atoms with E-state index in [4.69, 9.17) is 33.9 Å². The number of aromatic hydroxyl groups is 2. The van der Waals surface area contributed by atoms with E-state index in [9.17, 15) is 80.2 Å². The first-order valence-electron chi connectivity index (χ1n) is 41.6. The Labute approximate surface area is 840 Å². The second-order valence-corrected chi connectivity index (χ2v) is 37.2. The Morgan fingerprint density at radius 1 is 0.357 bits per heavy atom. The molecule has 0 amide bonds. The number of benzene rings is 9. The molecular formula is C110H169F8O19S3-. The Hall–Kier alpha value is -10.5. The predicted octanol–water partition coefficient (Wildman–Crippen LogP) is 31.6. The third-order valence-corrected chi connectivity index (χ3v) is 24.9. The van der Waals surface area contributed by atoms with Crippen LogP contribution in [0.25, 0.3) is 0 Å². The molecule has 0 radical (unpaired) electrons. The highest BCUT2D eigenvalue weighted by Crippen LogP contribution is 2.38. The first kappa shape index (κ1) is 150. The molecule has 0 aliphatic carbocycles. The first-order chi connectivity index (χ1) is 59.8. The van der Waals surface area contributed by atoms with Crippen LogP contribution < -0.4 is 14.2 Å². The lowest BCUT2D eigenvalue weighted by Crippen LogP contribution is -2.28. The fraction of sp³-hybridized carbons (Fsp3) is 0.473. The van der Waals surface area contributed by atoms with Gasteiger partial charge in [0.1, 0.15) is 85.9 Å². The van der Waals surface area contributed by atoms with Crippen molar-refractivity contribution in [2.75, 3.05) is 33.5 Å². The lowest BCUT2D eigenvalue weighted by molar-refractivity contribution is -0.163. The number of hydrogen-bond donors (Lipinski definition) is 2. The Bertz CT molecular complexity index is 4910. The highest BCUT2D eigenvalue weighted by Gasteiger charge is 2.36. The fourth-order valence-electron chi connectivity index (χ4n) is 10.4. The van der Waals surface area contributed by atoms with Gasteiger partial charge in [0.05, 0.1) is 39.7 Å². The molecule has 30 heteroatoms. The normalized spacial score (nSPS) is 11.3. The molecule has 9 aromatic carbocycles. The number of esters is 4. The van der Waals surface area contributed by atoms with Crippen molar-refractivity contribution < 1.29 is 124 Å². The SMILES string of the molecule is C.C.C.C.C.C.C.C.C.C.C.C.CCC(C)(C)C(=O)OC(C)c1ccc(OC)cc1.CCC(C)(C)C(=O)OC(c1ccccc1)C(C)C.CCC(C)(C)C(=O)OCCOc1c(F)c(F)c(S(=O)(=O)[O-])c(F)c1F.CCC(C)(C)C(=O)OCCOc1c(F)c(F)c(S(=O)(=O)[O-])c(F)c1F.CCC(C)c1ccc(O)cc1.CCC(C)c1ccc(O)cc1.Cc1ccc([S+](c2ccccc2)c2ccccc2)cc1. The highest BCUT2D eigenvalue weighted by molar-refractivity contribution is 7.97. The summed E-state index contributed by atoms with van der Waals surface area (Å²) in [5, 5.41) is 18.0. The van der Waals surface area contributed by atoms with E-state index in [1.165, 1.54) is 31.4 Å². The molecule has 798 valence electrons. The van der Waals surface area contributed by atoms with Gasteiger partial charge in [0, 0.05) is 0 Å². The smallest absolute Gasteiger partial charge is 0.312 e. The van der Waals surface area contributed by atoms with Crippen molar-refractivity contribution in [2.45, 2.75) is 315 Å². The van der Waals surface area contributed by atoms with Gasteiger partial charge in [0.2, 0.25) is 23.3 Å².